The fourth-order valence-corrected chi connectivity index (χ4v) is 2.10. The molecule has 1 aromatic carbocycles. The average Bonchev–Trinajstić information content (AvgIpc) is 2.38. The monoisotopic (exact) mass is 335 g/mol. The normalized spacial score (nSPS) is 10.2. The number of nitrogens with one attached hydrogen (secondary N) is 1. The quantitative estimate of drug-likeness (QED) is 0.903. The van der Waals surface area contributed by atoms with E-state index in [0.717, 1.165) is 10.2 Å². The van der Waals surface area contributed by atoms with Gasteiger partial charge in [0.15, 0.2) is 0 Å². The van der Waals surface area contributed by atoms with E-state index in [1.54, 1.807) is 25.3 Å². The number of halogens is 1. The Balaban J connectivity index is 2.30. The topological polar surface area (TPSA) is 77.2 Å². The molecule has 0 unspecified atom stereocenters. The van der Waals surface area contributed by atoms with Crippen molar-refractivity contribution < 1.29 is 9.53 Å². The Bertz CT molecular complexity index is 659. The summed E-state index contributed by atoms with van der Waals surface area (Å²) in [5.41, 5.74) is 7.88. The minimum absolute atomic E-state index is 0.327. The Kier molecular flexibility index (Phi) is 4.24. The van der Waals surface area contributed by atoms with Gasteiger partial charge in [-0.15, -0.1) is 0 Å². The highest BCUT2D eigenvalue weighted by Gasteiger charge is 2.13. The summed E-state index contributed by atoms with van der Waals surface area (Å²) in [5, 5.41) is 2.76. The van der Waals surface area contributed by atoms with E-state index in [9.17, 15) is 4.79 Å². The maximum atomic E-state index is 12.2. The highest BCUT2D eigenvalue weighted by molar-refractivity contribution is 9.10. The Morgan fingerprint density at radius 2 is 2.15 bits per heavy atom. The molecule has 0 aliphatic carbocycles. The Hall–Kier alpha value is -2.08. The van der Waals surface area contributed by atoms with Crippen LogP contribution in [0, 0.1) is 6.92 Å². The molecule has 0 atom stereocenters. The maximum Gasteiger partial charge on any atom is 0.259 e. The van der Waals surface area contributed by atoms with Gasteiger partial charge >= 0.3 is 0 Å². The number of nitrogens with zero attached hydrogens (tertiary/aromatic N) is 1. The number of pyridine rings is 1. The molecule has 3 N–H and O–H groups in total. The van der Waals surface area contributed by atoms with E-state index >= 15 is 0 Å². The van der Waals surface area contributed by atoms with Crippen LogP contribution >= 0.6 is 15.9 Å². The molecule has 1 amide bonds. The van der Waals surface area contributed by atoms with E-state index in [0.29, 0.717) is 22.7 Å². The zero-order valence-electron chi connectivity index (χ0n) is 11.1. The van der Waals surface area contributed by atoms with Gasteiger partial charge in [-0.2, -0.15) is 0 Å². The first-order valence-electron chi connectivity index (χ1n) is 5.88. The van der Waals surface area contributed by atoms with Crippen molar-refractivity contribution in [2.24, 2.45) is 0 Å². The third kappa shape index (κ3) is 3.08. The summed E-state index contributed by atoms with van der Waals surface area (Å²) < 4.78 is 6.04. The van der Waals surface area contributed by atoms with Gasteiger partial charge in [0.1, 0.15) is 5.75 Å². The molecule has 0 fully saturated rings. The summed E-state index contributed by atoms with van der Waals surface area (Å²) in [7, 11) is 1.54. The van der Waals surface area contributed by atoms with E-state index in [4.69, 9.17) is 10.5 Å². The lowest BCUT2D eigenvalue weighted by atomic mass is 10.2. The number of benzene rings is 1. The predicted molar refractivity (Wildman–Crippen MR) is 82.0 cm³/mol. The van der Waals surface area contributed by atoms with Crippen LogP contribution in [-0.2, 0) is 0 Å². The zero-order valence-corrected chi connectivity index (χ0v) is 12.7. The molecular weight excluding hydrogens is 322 g/mol. The molecular formula is C14H14BrN3O2. The summed E-state index contributed by atoms with van der Waals surface area (Å²) in [6.45, 7) is 1.81. The van der Waals surface area contributed by atoms with Crippen LogP contribution in [0.2, 0.25) is 0 Å². The highest BCUT2D eigenvalue weighted by Crippen LogP contribution is 2.28. The molecule has 5 nitrogen and oxygen atoms in total. The fourth-order valence-electron chi connectivity index (χ4n) is 1.74. The number of nitrogens with two attached hydrogens (primary N) is 1. The van der Waals surface area contributed by atoms with Gasteiger partial charge in [0.05, 0.1) is 18.4 Å². The minimum Gasteiger partial charge on any atom is -0.495 e. The van der Waals surface area contributed by atoms with Crippen molar-refractivity contribution in [3.05, 3.63) is 46.2 Å². The Labute approximate surface area is 125 Å². The molecule has 0 spiro atoms. The SMILES string of the molecule is COc1ccc(Br)cc1NC(=O)c1cnc(C)cc1N. The number of nitrogen functional groups attached to an aromatic ring is 1. The number of methoxy groups -OCH3 is 1. The third-order valence-electron chi connectivity index (χ3n) is 2.73. The lowest BCUT2D eigenvalue weighted by molar-refractivity contribution is 0.102. The summed E-state index contributed by atoms with van der Waals surface area (Å²) >= 11 is 3.35. The standard InChI is InChI=1S/C14H14BrN3O2/c1-8-5-11(16)10(7-17-8)14(19)18-12-6-9(15)3-4-13(12)20-2/h3-7H,1-2H3,(H2,16,17)(H,18,19). The second kappa shape index (κ2) is 5.92. The molecule has 2 rings (SSSR count). The maximum absolute atomic E-state index is 12.2. The number of carbonyl (C=O) groups is 1. The lowest BCUT2D eigenvalue weighted by Crippen LogP contribution is -2.15. The van der Waals surface area contributed by atoms with E-state index in [2.05, 4.69) is 26.2 Å². The molecule has 20 heavy (non-hydrogen) atoms. The molecule has 104 valence electrons. The second-order valence-corrected chi connectivity index (χ2v) is 5.13. The van der Waals surface area contributed by atoms with Gasteiger partial charge in [-0.3, -0.25) is 9.78 Å². The number of aromatic nitrogens is 1. The molecule has 2 aromatic rings. The van der Waals surface area contributed by atoms with Crippen LogP contribution in [0.3, 0.4) is 0 Å². The first kappa shape index (κ1) is 14.3. The van der Waals surface area contributed by atoms with Crippen LogP contribution in [0.1, 0.15) is 16.1 Å². The number of carbonyl (C=O) groups excluding carboxylic acids is 1. The van der Waals surface area contributed by atoms with Gasteiger partial charge in [-0.1, -0.05) is 15.9 Å². The number of aryl methyl sites for hydroxylation is 1. The first-order valence-corrected chi connectivity index (χ1v) is 6.67. The number of hydrogen-bond acceptors (Lipinski definition) is 4. The number of ether oxygens (including phenoxy) is 1. The van der Waals surface area contributed by atoms with Crippen molar-refractivity contribution in [1.29, 1.82) is 0 Å². The number of rotatable bonds is 3. The predicted octanol–water partition coefficient (Wildman–Crippen LogP) is 3.00. The van der Waals surface area contributed by atoms with Crippen molar-refractivity contribution >= 4 is 33.2 Å². The number of hydrogen-bond donors (Lipinski definition) is 2. The van der Waals surface area contributed by atoms with Crippen molar-refractivity contribution in [3.63, 3.8) is 0 Å². The Morgan fingerprint density at radius 3 is 2.80 bits per heavy atom. The van der Waals surface area contributed by atoms with Crippen molar-refractivity contribution in [3.8, 4) is 5.75 Å². The van der Waals surface area contributed by atoms with Crippen LogP contribution in [-0.4, -0.2) is 18.0 Å². The molecule has 1 aromatic heterocycles. The molecule has 0 radical (unpaired) electrons. The van der Waals surface area contributed by atoms with Crippen LogP contribution < -0.4 is 15.8 Å². The van der Waals surface area contributed by atoms with Gasteiger partial charge in [0, 0.05) is 22.1 Å². The van der Waals surface area contributed by atoms with Gasteiger partial charge in [-0.25, -0.2) is 0 Å². The minimum atomic E-state index is -0.327. The van der Waals surface area contributed by atoms with E-state index < -0.39 is 0 Å². The lowest BCUT2D eigenvalue weighted by Gasteiger charge is -2.11. The van der Waals surface area contributed by atoms with Gasteiger partial charge in [-0.05, 0) is 31.2 Å². The van der Waals surface area contributed by atoms with Gasteiger partial charge < -0.3 is 15.8 Å². The molecule has 0 bridgehead atoms. The molecule has 6 heteroatoms. The largest absolute Gasteiger partial charge is 0.495 e. The first-order chi connectivity index (χ1) is 9.51. The van der Waals surface area contributed by atoms with Gasteiger partial charge in [0.25, 0.3) is 5.91 Å². The molecule has 0 aliphatic rings. The summed E-state index contributed by atoms with van der Waals surface area (Å²) in [6, 6.07) is 7.01. The molecule has 0 saturated carbocycles. The summed E-state index contributed by atoms with van der Waals surface area (Å²) in [6.07, 6.45) is 1.46. The van der Waals surface area contributed by atoms with Crippen LogP contribution in [0.25, 0.3) is 0 Å². The van der Waals surface area contributed by atoms with Crippen LogP contribution in [0.15, 0.2) is 34.9 Å². The molecule has 1 heterocycles. The van der Waals surface area contributed by atoms with E-state index in [1.165, 1.54) is 6.20 Å². The van der Waals surface area contributed by atoms with E-state index in [1.807, 2.05) is 13.0 Å². The van der Waals surface area contributed by atoms with Crippen molar-refractivity contribution in [2.75, 3.05) is 18.2 Å². The second-order valence-electron chi connectivity index (χ2n) is 4.21. The highest BCUT2D eigenvalue weighted by atomic mass is 79.9. The Morgan fingerprint density at radius 1 is 1.40 bits per heavy atom. The molecule has 0 saturated heterocycles. The van der Waals surface area contributed by atoms with Crippen molar-refractivity contribution in [2.45, 2.75) is 6.92 Å². The number of amides is 1. The third-order valence-corrected chi connectivity index (χ3v) is 3.22. The summed E-state index contributed by atoms with van der Waals surface area (Å²) in [5.74, 6) is 0.242. The number of anilines is 2. The van der Waals surface area contributed by atoms with Crippen molar-refractivity contribution in [1.82, 2.24) is 4.98 Å². The summed E-state index contributed by atoms with van der Waals surface area (Å²) in [4.78, 5) is 16.3. The average molecular weight is 336 g/mol. The van der Waals surface area contributed by atoms with Gasteiger partial charge in [0.2, 0.25) is 0 Å². The van der Waals surface area contributed by atoms with Crippen LogP contribution in [0.4, 0.5) is 11.4 Å². The molecule has 0 aliphatic heterocycles. The zero-order chi connectivity index (χ0) is 14.7. The fraction of sp³-hybridized carbons (Fsp3) is 0.143. The van der Waals surface area contributed by atoms with Crippen LogP contribution in [0.5, 0.6) is 5.75 Å². The smallest absolute Gasteiger partial charge is 0.259 e. The van der Waals surface area contributed by atoms with E-state index in [-0.39, 0.29) is 5.91 Å².